The maximum absolute atomic E-state index is 13.4. The summed E-state index contributed by atoms with van der Waals surface area (Å²) in [4.78, 5) is 39.7. The van der Waals surface area contributed by atoms with E-state index in [1.165, 1.54) is 11.8 Å². The number of nitrogens with one attached hydrogen (secondary N) is 2. The lowest BCUT2D eigenvalue weighted by molar-refractivity contribution is -0.113. The van der Waals surface area contributed by atoms with Crippen molar-refractivity contribution in [1.82, 2.24) is 5.32 Å². The molecule has 2 N–H and O–H groups in total. The maximum atomic E-state index is 13.4. The predicted molar refractivity (Wildman–Crippen MR) is 161 cm³/mol. The van der Waals surface area contributed by atoms with Crippen LogP contribution in [0.1, 0.15) is 33.2 Å². The predicted octanol–water partition coefficient (Wildman–Crippen LogP) is 7.12. The van der Waals surface area contributed by atoms with E-state index in [0.717, 1.165) is 4.90 Å². The summed E-state index contributed by atoms with van der Waals surface area (Å²) in [6.07, 6.45) is 1.59. The zero-order valence-electron chi connectivity index (χ0n) is 21.7. The number of amides is 2. The number of hydrogen-bond donors (Lipinski definition) is 2. The zero-order chi connectivity index (χ0) is 28.3. The Kier molecular flexibility index (Phi) is 10.2. The molecule has 0 fully saturated rings. The van der Waals surface area contributed by atoms with Gasteiger partial charge in [0.1, 0.15) is 11.4 Å². The first-order valence-electron chi connectivity index (χ1n) is 12.6. The first-order valence-corrected chi connectivity index (χ1v) is 13.9. The van der Waals surface area contributed by atoms with Crippen LogP contribution in [0.3, 0.4) is 0 Å². The number of benzene rings is 4. The highest BCUT2D eigenvalue weighted by Crippen LogP contribution is 2.25. The molecular formula is C32H27ClN2O4S. The summed E-state index contributed by atoms with van der Waals surface area (Å²) < 4.78 is 5.70. The number of hydrogen-bond acceptors (Lipinski definition) is 5. The minimum Gasteiger partial charge on any atom is -0.493 e. The summed E-state index contributed by atoms with van der Waals surface area (Å²) in [5.74, 6) is -0.132. The average molecular weight is 571 g/mol. The molecule has 0 bridgehead atoms. The van der Waals surface area contributed by atoms with Crippen LogP contribution in [-0.2, 0) is 4.79 Å². The van der Waals surface area contributed by atoms with E-state index in [2.05, 4.69) is 10.6 Å². The van der Waals surface area contributed by atoms with Crippen LogP contribution in [-0.4, -0.2) is 30.0 Å². The van der Waals surface area contributed by atoms with E-state index in [1.54, 1.807) is 78.9 Å². The summed E-state index contributed by atoms with van der Waals surface area (Å²) >= 11 is 7.27. The largest absolute Gasteiger partial charge is 0.493 e. The second-order valence-corrected chi connectivity index (χ2v) is 10.0. The van der Waals surface area contributed by atoms with Crippen molar-refractivity contribution >= 4 is 52.7 Å². The number of thioether (sulfide) groups is 1. The molecule has 0 aromatic heterocycles. The quantitative estimate of drug-likeness (QED) is 0.114. The van der Waals surface area contributed by atoms with Crippen molar-refractivity contribution in [3.05, 3.63) is 131 Å². The van der Waals surface area contributed by atoms with Gasteiger partial charge in [0.05, 0.1) is 12.4 Å². The van der Waals surface area contributed by atoms with Crippen LogP contribution < -0.4 is 15.4 Å². The van der Waals surface area contributed by atoms with E-state index in [-0.39, 0.29) is 17.2 Å². The van der Waals surface area contributed by atoms with Crippen LogP contribution in [0, 0.1) is 0 Å². The minimum absolute atomic E-state index is 0.0297. The number of Topliss-reactive ketones (excluding diaryl/α,β-unsaturated/α-hetero) is 1. The Bertz CT molecular complexity index is 1520. The third-order valence-electron chi connectivity index (χ3n) is 5.68. The lowest BCUT2D eigenvalue weighted by atomic mass is 10.1. The van der Waals surface area contributed by atoms with Crippen molar-refractivity contribution in [2.45, 2.75) is 11.8 Å². The van der Waals surface area contributed by atoms with Crippen molar-refractivity contribution in [3.8, 4) is 5.75 Å². The molecule has 202 valence electrons. The molecule has 6 nitrogen and oxygen atoms in total. The van der Waals surface area contributed by atoms with Crippen molar-refractivity contribution in [1.29, 1.82) is 0 Å². The number of rotatable bonds is 11. The number of ether oxygens (including phenoxy) is 1. The molecule has 0 saturated heterocycles. The van der Waals surface area contributed by atoms with Gasteiger partial charge in [-0.15, -0.1) is 11.8 Å². The fraction of sp³-hybridized carbons (Fsp3) is 0.0938. The molecule has 4 aromatic rings. The number of carbonyl (C=O) groups is 3. The van der Waals surface area contributed by atoms with Crippen LogP contribution in [0.15, 0.2) is 114 Å². The molecule has 0 unspecified atom stereocenters. The van der Waals surface area contributed by atoms with Gasteiger partial charge in [0.15, 0.2) is 5.78 Å². The number of anilines is 1. The summed E-state index contributed by atoms with van der Waals surface area (Å²) in [7, 11) is 0. The highest BCUT2D eigenvalue weighted by Gasteiger charge is 2.16. The van der Waals surface area contributed by atoms with Gasteiger partial charge in [-0.3, -0.25) is 14.4 Å². The average Bonchev–Trinajstić information content (AvgIpc) is 2.97. The van der Waals surface area contributed by atoms with Gasteiger partial charge in [-0.05, 0) is 73.7 Å². The van der Waals surface area contributed by atoms with Crippen LogP contribution in [0.2, 0.25) is 5.02 Å². The Balaban J connectivity index is 1.52. The van der Waals surface area contributed by atoms with Gasteiger partial charge >= 0.3 is 0 Å². The van der Waals surface area contributed by atoms with Gasteiger partial charge in [-0.25, -0.2) is 0 Å². The number of ketones is 1. The molecule has 0 aliphatic rings. The fourth-order valence-corrected chi connectivity index (χ4v) is 4.69. The highest BCUT2D eigenvalue weighted by molar-refractivity contribution is 8.00. The van der Waals surface area contributed by atoms with E-state index in [4.69, 9.17) is 16.3 Å². The normalized spacial score (nSPS) is 11.0. The molecule has 40 heavy (non-hydrogen) atoms. The van der Waals surface area contributed by atoms with E-state index < -0.39 is 11.8 Å². The van der Waals surface area contributed by atoms with Crippen LogP contribution in [0.5, 0.6) is 5.75 Å². The van der Waals surface area contributed by atoms with Gasteiger partial charge in [0.25, 0.3) is 11.8 Å². The minimum atomic E-state index is -0.505. The van der Waals surface area contributed by atoms with Gasteiger partial charge in [-0.1, -0.05) is 54.1 Å². The Morgan fingerprint density at radius 3 is 2.33 bits per heavy atom. The van der Waals surface area contributed by atoms with Crippen molar-refractivity contribution in [3.63, 3.8) is 0 Å². The molecule has 0 aliphatic carbocycles. The summed E-state index contributed by atoms with van der Waals surface area (Å²) in [5.41, 5.74) is 2.22. The maximum Gasteiger partial charge on any atom is 0.272 e. The van der Waals surface area contributed by atoms with Gasteiger partial charge < -0.3 is 15.4 Å². The second kappa shape index (κ2) is 14.2. The summed E-state index contributed by atoms with van der Waals surface area (Å²) in [5, 5.41) is 6.18. The third-order valence-corrected chi connectivity index (χ3v) is 6.92. The van der Waals surface area contributed by atoms with Crippen LogP contribution in [0.25, 0.3) is 6.08 Å². The van der Waals surface area contributed by atoms with E-state index >= 15 is 0 Å². The van der Waals surface area contributed by atoms with Crippen molar-refractivity contribution in [2.75, 3.05) is 17.7 Å². The van der Waals surface area contributed by atoms with Crippen molar-refractivity contribution < 1.29 is 19.1 Å². The highest BCUT2D eigenvalue weighted by atomic mass is 35.5. The molecule has 2 amide bonds. The Morgan fingerprint density at radius 1 is 0.850 bits per heavy atom. The zero-order valence-corrected chi connectivity index (χ0v) is 23.3. The number of halogens is 1. The fourth-order valence-electron chi connectivity index (χ4n) is 3.71. The Hall–Kier alpha value is -4.33. The molecule has 0 saturated carbocycles. The Labute approximate surface area is 242 Å². The molecule has 4 aromatic carbocycles. The first kappa shape index (κ1) is 28.7. The van der Waals surface area contributed by atoms with E-state index in [9.17, 15) is 14.4 Å². The number of carbonyl (C=O) groups excluding carboxylic acids is 3. The molecular weight excluding hydrogens is 544 g/mol. The molecule has 0 radical (unpaired) electrons. The monoisotopic (exact) mass is 570 g/mol. The lowest BCUT2D eigenvalue weighted by Crippen LogP contribution is -2.30. The molecule has 4 rings (SSSR count). The number of para-hydroxylation sites is 1. The second-order valence-electron chi connectivity index (χ2n) is 8.55. The summed E-state index contributed by atoms with van der Waals surface area (Å²) in [6.45, 7) is 2.33. The van der Waals surface area contributed by atoms with E-state index in [0.29, 0.717) is 39.8 Å². The van der Waals surface area contributed by atoms with Crippen LogP contribution >= 0.6 is 23.4 Å². The SMILES string of the molecule is CCOc1ccccc1/C=C(\NC(=O)c1ccccc1)C(=O)Nc1cccc(SCC(=O)c2ccc(Cl)cc2)c1. The van der Waals surface area contributed by atoms with Crippen LogP contribution in [0.4, 0.5) is 5.69 Å². The molecule has 8 heteroatoms. The van der Waals surface area contributed by atoms with Crippen molar-refractivity contribution in [2.24, 2.45) is 0 Å². The molecule has 0 spiro atoms. The first-order chi connectivity index (χ1) is 19.4. The molecule has 0 heterocycles. The van der Waals surface area contributed by atoms with Gasteiger partial charge in [0.2, 0.25) is 0 Å². The van der Waals surface area contributed by atoms with Gasteiger partial charge in [-0.2, -0.15) is 0 Å². The van der Waals surface area contributed by atoms with Gasteiger partial charge in [0, 0.05) is 32.3 Å². The standard InChI is InChI=1S/C32H27ClN2O4S/c1-2-39-30-14-7-6-11-24(30)19-28(35-31(37)23-9-4-3-5-10-23)32(38)34-26-12-8-13-27(20-26)40-21-29(36)22-15-17-25(33)18-16-22/h3-20H,2,21H2,1H3,(H,34,38)(H,35,37)/b28-19-. The molecule has 0 aliphatic heterocycles. The summed E-state index contributed by atoms with van der Waals surface area (Å²) in [6, 6.07) is 29.9. The van der Waals surface area contributed by atoms with E-state index in [1.807, 2.05) is 37.3 Å². The Morgan fingerprint density at radius 2 is 1.57 bits per heavy atom. The third kappa shape index (κ3) is 8.09. The smallest absolute Gasteiger partial charge is 0.272 e. The lowest BCUT2D eigenvalue weighted by Gasteiger charge is -2.13. The molecule has 0 atom stereocenters. The topological polar surface area (TPSA) is 84.5 Å².